The first-order valence-corrected chi connectivity index (χ1v) is 20.6. The molecule has 1 aliphatic heterocycles. The molecule has 1 saturated heterocycles. The summed E-state index contributed by atoms with van der Waals surface area (Å²) in [6, 6.07) is 25.2. The van der Waals surface area contributed by atoms with Crippen LogP contribution in [0.3, 0.4) is 0 Å². The number of ether oxygens (including phenoxy) is 3. The van der Waals surface area contributed by atoms with E-state index in [0.29, 0.717) is 38.8 Å². The van der Waals surface area contributed by atoms with E-state index in [0.717, 1.165) is 53.9 Å². The fourth-order valence-corrected chi connectivity index (χ4v) is 7.73. The lowest BCUT2D eigenvalue weighted by molar-refractivity contribution is -0.141. The molecule has 296 valence electrons. The molecule has 2 unspecified atom stereocenters. The highest BCUT2D eigenvalue weighted by Crippen LogP contribution is 2.45. The zero-order chi connectivity index (χ0) is 38.4. The van der Waals surface area contributed by atoms with Crippen molar-refractivity contribution in [3.63, 3.8) is 0 Å². The molecule has 8 nitrogen and oxygen atoms in total. The molecule has 0 radical (unpaired) electrons. The van der Waals surface area contributed by atoms with Crippen molar-refractivity contribution in [1.82, 2.24) is 10.2 Å². The van der Waals surface area contributed by atoms with Gasteiger partial charge < -0.3 is 29.5 Å². The van der Waals surface area contributed by atoms with E-state index in [1.165, 1.54) is 57.8 Å². The van der Waals surface area contributed by atoms with Crippen LogP contribution < -0.4 is 14.8 Å². The number of hydrogen-bond acceptors (Lipinski definition) is 6. The molecule has 2 N–H and O–H groups in total. The third-order valence-corrected chi connectivity index (χ3v) is 10.8. The zero-order valence-electron chi connectivity index (χ0n) is 33.2. The summed E-state index contributed by atoms with van der Waals surface area (Å²) in [6.45, 7) is 3.43. The third-order valence-electron chi connectivity index (χ3n) is 10.8. The van der Waals surface area contributed by atoms with Crippen molar-refractivity contribution in [1.29, 1.82) is 0 Å². The van der Waals surface area contributed by atoms with Crippen LogP contribution in [0.2, 0.25) is 0 Å². The Hall–Kier alpha value is -3.88. The van der Waals surface area contributed by atoms with Gasteiger partial charge in [0.15, 0.2) is 0 Å². The molecule has 2 amide bonds. The molecule has 4 rings (SSSR count). The van der Waals surface area contributed by atoms with Crippen molar-refractivity contribution in [3.8, 4) is 11.5 Å². The number of likely N-dealkylation sites (tertiary alicyclic amines) is 1. The maximum absolute atomic E-state index is 14.1. The van der Waals surface area contributed by atoms with Crippen LogP contribution in [0.5, 0.6) is 11.5 Å². The van der Waals surface area contributed by atoms with Gasteiger partial charge in [0.05, 0.1) is 33.0 Å². The number of rotatable bonds is 26. The van der Waals surface area contributed by atoms with Crippen molar-refractivity contribution >= 4 is 11.8 Å². The van der Waals surface area contributed by atoms with Crippen LogP contribution in [0.25, 0.3) is 0 Å². The average Bonchev–Trinajstić information content (AvgIpc) is 3.61. The maximum Gasteiger partial charge on any atom is 0.223 e. The fraction of sp³-hybridized carbons (Fsp3) is 0.565. The summed E-state index contributed by atoms with van der Waals surface area (Å²) in [4.78, 5) is 28.3. The predicted octanol–water partition coefficient (Wildman–Crippen LogP) is 9.50. The summed E-state index contributed by atoms with van der Waals surface area (Å²) in [6.07, 6.45) is 17.0. The molecular weight excluding hydrogens is 677 g/mol. The average molecular weight is 743 g/mol. The molecule has 54 heavy (non-hydrogen) atoms. The lowest BCUT2D eigenvalue weighted by Crippen LogP contribution is -2.52. The normalized spacial score (nSPS) is 15.7. The molecule has 2 atom stereocenters. The first-order chi connectivity index (χ1) is 26.4. The van der Waals surface area contributed by atoms with Gasteiger partial charge in [-0.25, -0.2) is 0 Å². The minimum absolute atomic E-state index is 0.00760. The maximum atomic E-state index is 14.1. The second-order valence-corrected chi connectivity index (χ2v) is 14.9. The van der Waals surface area contributed by atoms with Crippen molar-refractivity contribution in [2.24, 2.45) is 0 Å². The summed E-state index contributed by atoms with van der Waals surface area (Å²) >= 11 is 0. The van der Waals surface area contributed by atoms with Gasteiger partial charge in [-0.3, -0.25) is 9.59 Å². The largest absolute Gasteiger partial charge is 0.497 e. The van der Waals surface area contributed by atoms with Crippen LogP contribution >= 0.6 is 0 Å². The molecule has 1 fully saturated rings. The van der Waals surface area contributed by atoms with Crippen LogP contribution in [-0.4, -0.2) is 61.3 Å². The number of amides is 2. The molecule has 0 saturated carbocycles. The monoisotopic (exact) mass is 742 g/mol. The molecule has 8 heteroatoms. The number of carbonyl (C=O) groups is 2. The van der Waals surface area contributed by atoms with Gasteiger partial charge in [-0.1, -0.05) is 132 Å². The number of unbranched alkanes of at least 4 members (excludes halogenated alkanes) is 12. The zero-order valence-corrected chi connectivity index (χ0v) is 33.2. The van der Waals surface area contributed by atoms with E-state index < -0.39 is 17.7 Å². The molecule has 3 aromatic carbocycles. The summed E-state index contributed by atoms with van der Waals surface area (Å²) in [5, 5.41) is 14.2. The molecule has 0 spiro atoms. The van der Waals surface area contributed by atoms with E-state index in [1.54, 1.807) is 14.2 Å². The highest BCUT2D eigenvalue weighted by molar-refractivity contribution is 5.77. The Kier molecular flexibility index (Phi) is 18.9. The first kappa shape index (κ1) is 42.9. The molecule has 3 aromatic rings. The number of carbonyl (C=O) groups excluding carboxylic acids is 2. The minimum atomic E-state index is -1.10. The highest BCUT2D eigenvalue weighted by atomic mass is 16.5. The van der Waals surface area contributed by atoms with Crippen LogP contribution in [0, 0.1) is 0 Å². The standard InChI is InChI=1S/C46H66N2O6/c1-4-5-6-7-8-9-10-11-12-13-18-23-44(50)47-33-20-15-19-24-45(51)48-35-40(49)34-43(48)46(38-25-29-41(52-2)30-26-38,39-27-31-42(53-3)32-28-39)54-36-37-21-16-14-17-22-37/h14,16-17,21-22,25-32,40,43,49H,4-13,15,18-20,23-24,33-36H2,1-3H3,(H,47,50). The number of aliphatic hydroxyl groups excluding tert-OH is 1. The van der Waals surface area contributed by atoms with Gasteiger partial charge in [-0.15, -0.1) is 0 Å². The minimum Gasteiger partial charge on any atom is -0.497 e. The number of methoxy groups -OCH3 is 2. The lowest BCUT2D eigenvalue weighted by atomic mass is 9.78. The number of nitrogens with one attached hydrogen (secondary N) is 1. The Morgan fingerprint density at radius 2 is 1.22 bits per heavy atom. The third kappa shape index (κ3) is 13.2. The highest BCUT2D eigenvalue weighted by Gasteiger charge is 2.51. The summed E-state index contributed by atoms with van der Waals surface area (Å²) in [5.74, 6) is 1.55. The van der Waals surface area contributed by atoms with Gasteiger partial charge in [0.25, 0.3) is 0 Å². The van der Waals surface area contributed by atoms with Gasteiger partial charge in [-0.2, -0.15) is 0 Å². The van der Waals surface area contributed by atoms with E-state index in [2.05, 4.69) is 12.2 Å². The topological polar surface area (TPSA) is 97.3 Å². The van der Waals surface area contributed by atoms with Crippen molar-refractivity contribution < 1.29 is 28.9 Å². The van der Waals surface area contributed by atoms with E-state index >= 15 is 0 Å². The Labute approximate surface area is 325 Å². The Balaban J connectivity index is 1.33. The van der Waals surface area contributed by atoms with Gasteiger partial charge in [0.2, 0.25) is 11.8 Å². The molecule has 1 aliphatic rings. The summed E-state index contributed by atoms with van der Waals surface area (Å²) < 4.78 is 18.1. The Bertz CT molecular complexity index is 1430. The van der Waals surface area contributed by atoms with Crippen molar-refractivity contribution in [3.05, 3.63) is 95.6 Å². The number of benzene rings is 3. The number of hydrogen-bond donors (Lipinski definition) is 2. The smallest absolute Gasteiger partial charge is 0.223 e. The summed E-state index contributed by atoms with van der Waals surface area (Å²) in [5.41, 5.74) is 1.64. The molecular formula is C46H66N2O6. The van der Waals surface area contributed by atoms with E-state index in [4.69, 9.17) is 14.2 Å². The number of β-amino-alcohol motifs (C(OH)–C–C–N with tert-alkyl or cyclic N) is 1. The van der Waals surface area contributed by atoms with Gasteiger partial charge >= 0.3 is 0 Å². The molecule has 0 aliphatic carbocycles. The van der Waals surface area contributed by atoms with Gasteiger partial charge in [0.1, 0.15) is 17.1 Å². The van der Waals surface area contributed by atoms with Crippen molar-refractivity contribution in [2.45, 2.75) is 140 Å². The van der Waals surface area contributed by atoms with Crippen LogP contribution in [-0.2, 0) is 26.5 Å². The lowest BCUT2D eigenvalue weighted by Gasteiger charge is -2.44. The number of nitrogens with zero attached hydrogens (tertiary/aromatic N) is 1. The van der Waals surface area contributed by atoms with E-state index in [-0.39, 0.29) is 18.4 Å². The second-order valence-electron chi connectivity index (χ2n) is 14.9. The molecule has 0 aromatic heterocycles. The quantitative estimate of drug-likeness (QED) is 0.0796. The van der Waals surface area contributed by atoms with Crippen LogP contribution in [0.15, 0.2) is 78.9 Å². The second kappa shape index (κ2) is 23.8. The van der Waals surface area contributed by atoms with E-state index in [9.17, 15) is 14.7 Å². The molecule has 0 bridgehead atoms. The van der Waals surface area contributed by atoms with Crippen LogP contribution in [0.1, 0.15) is 133 Å². The van der Waals surface area contributed by atoms with Gasteiger partial charge in [0, 0.05) is 25.9 Å². The van der Waals surface area contributed by atoms with Crippen molar-refractivity contribution in [2.75, 3.05) is 27.3 Å². The SMILES string of the molecule is CCCCCCCCCCCCCC(=O)NCCCCCC(=O)N1CC(O)CC1C(OCc1ccccc1)(c1ccc(OC)cc1)c1ccc(OC)cc1. The Morgan fingerprint density at radius 1 is 0.704 bits per heavy atom. The Morgan fingerprint density at radius 3 is 1.78 bits per heavy atom. The van der Waals surface area contributed by atoms with Crippen LogP contribution in [0.4, 0.5) is 0 Å². The predicted molar refractivity (Wildman–Crippen MR) is 217 cm³/mol. The van der Waals surface area contributed by atoms with E-state index in [1.807, 2.05) is 83.8 Å². The molecule has 1 heterocycles. The fourth-order valence-electron chi connectivity index (χ4n) is 7.73. The summed E-state index contributed by atoms with van der Waals surface area (Å²) in [7, 11) is 3.28. The van der Waals surface area contributed by atoms with Gasteiger partial charge in [-0.05, 0) is 66.6 Å². The first-order valence-electron chi connectivity index (χ1n) is 20.6. The number of aliphatic hydroxyl groups is 1.